The molecule has 0 bridgehead atoms. The summed E-state index contributed by atoms with van der Waals surface area (Å²) in [5.41, 5.74) is 1.74. The lowest BCUT2D eigenvalue weighted by molar-refractivity contribution is -0.385. The Labute approximate surface area is 173 Å². The number of Topliss-reactive ketones (excluding diaryl/α,β-unsaturated/α-hetero) is 1. The minimum atomic E-state index is -0.521. The number of hydrogen-bond acceptors (Lipinski definition) is 8. The molecular formula is C21H21N5O4. The number of benzene rings is 2. The van der Waals surface area contributed by atoms with Crippen molar-refractivity contribution >= 4 is 34.6 Å². The van der Waals surface area contributed by atoms with Crippen molar-refractivity contribution in [1.29, 1.82) is 0 Å². The molecule has 2 aromatic carbocycles. The summed E-state index contributed by atoms with van der Waals surface area (Å²) in [5.74, 6) is 0.857. The quantitative estimate of drug-likeness (QED) is 0.311. The summed E-state index contributed by atoms with van der Waals surface area (Å²) < 4.78 is 5.41. The summed E-state index contributed by atoms with van der Waals surface area (Å²) in [7, 11) is 0. The van der Waals surface area contributed by atoms with Gasteiger partial charge in [-0.1, -0.05) is 12.1 Å². The molecule has 1 aromatic heterocycles. The molecule has 0 saturated heterocycles. The number of rotatable bonds is 8. The van der Waals surface area contributed by atoms with Gasteiger partial charge in [0.2, 0.25) is 11.8 Å². The van der Waals surface area contributed by atoms with Crippen LogP contribution in [-0.2, 0) is 0 Å². The average molecular weight is 407 g/mol. The van der Waals surface area contributed by atoms with Crippen molar-refractivity contribution in [1.82, 2.24) is 9.97 Å². The lowest BCUT2D eigenvalue weighted by Crippen LogP contribution is -2.07. The number of nitrogens with one attached hydrogen (secondary N) is 2. The second-order valence-corrected chi connectivity index (χ2v) is 6.43. The normalized spacial score (nSPS) is 10.4. The molecule has 9 nitrogen and oxygen atoms in total. The molecule has 0 spiro atoms. The number of hydrogen-bond donors (Lipinski definition) is 2. The highest BCUT2D eigenvalue weighted by molar-refractivity contribution is 5.95. The SMILES string of the molecule is CCOc1ccc(Nc2nc(Nc3cccc(C(C)=O)c3)nc(C)c2[N+](=O)[O-])cc1. The van der Waals surface area contributed by atoms with Crippen molar-refractivity contribution in [2.75, 3.05) is 17.2 Å². The molecule has 30 heavy (non-hydrogen) atoms. The van der Waals surface area contributed by atoms with E-state index >= 15 is 0 Å². The summed E-state index contributed by atoms with van der Waals surface area (Å²) in [6, 6.07) is 13.9. The van der Waals surface area contributed by atoms with Crippen LogP contribution in [0.5, 0.6) is 5.75 Å². The van der Waals surface area contributed by atoms with E-state index in [9.17, 15) is 14.9 Å². The second-order valence-electron chi connectivity index (χ2n) is 6.43. The predicted octanol–water partition coefficient (Wildman–Crippen LogP) is 4.78. The number of carbonyl (C=O) groups is 1. The fourth-order valence-corrected chi connectivity index (χ4v) is 2.81. The first kappa shape index (κ1) is 20.7. The molecule has 0 unspecified atom stereocenters. The first-order valence-corrected chi connectivity index (χ1v) is 9.28. The van der Waals surface area contributed by atoms with Gasteiger partial charge in [-0.05, 0) is 57.2 Å². The molecule has 0 aliphatic heterocycles. The molecule has 2 N–H and O–H groups in total. The molecule has 0 atom stereocenters. The fraction of sp³-hybridized carbons (Fsp3) is 0.190. The van der Waals surface area contributed by atoms with E-state index in [0.717, 1.165) is 0 Å². The fourth-order valence-electron chi connectivity index (χ4n) is 2.81. The predicted molar refractivity (Wildman–Crippen MR) is 114 cm³/mol. The van der Waals surface area contributed by atoms with E-state index in [1.54, 1.807) is 55.5 Å². The Morgan fingerprint density at radius 3 is 2.47 bits per heavy atom. The standard InChI is InChI=1S/C21H21N5O4/c1-4-30-18-10-8-16(9-11-18)23-20-19(26(28)29)13(2)22-21(25-20)24-17-7-5-6-15(12-17)14(3)27/h5-12H,4H2,1-3H3,(H2,22,23,24,25). The Hall–Kier alpha value is -4.01. The van der Waals surface area contributed by atoms with Crippen LogP contribution in [-0.4, -0.2) is 27.3 Å². The molecular weight excluding hydrogens is 386 g/mol. The summed E-state index contributed by atoms with van der Waals surface area (Å²) in [6.07, 6.45) is 0. The second kappa shape index (κ2) is 8.99. The lowest BCUT2D eigenvalue weighted by Gasteiger charge is -2.12. The van der Waals surface area contributed by atoms with Crippen LogP contribution in [0.2, 0.25) is 0 Å². The van der Waals surface area contributed by atoms with Gasteiger partial charge in [0.15, 0.2) is 5.78 Å². The number of ketones is 1. The van der Waals surface area contributed by atoms with Gasteiger partial charge in [-0.25, -0.2) is 4.98 Å². The van der Waals surface area contributed by atoms with E-state index in [1.807, 2.05) is 6.92 Å². The smallest absolute Gasteiger partial charge is 0.332 e. The Morgan fingerprint density at radius 1 is 1.10 bits per heavy atom. The zero-order valence-electron chi connectivity index (χ0n) is 16.8. The van der Waals surface area contributed by atoms with Crippen LogP contribution in [0.3, 0.4) is 0 Å². The van der Waals surface area contributed by atoms with Crippen molar-refractivity contribution < 1.29 is 14.5 Å². The molecule has 0 aliphatic rings. The maximum Gasteiger partial charge on any atom is 0.332 e. The van der Waals surface area contributed by atoms with Crippen molar-refractivity contribution in [3.05, 3.63) is 69.9 Å². The molecule has 154 valence electrons. The molecule has 0 saturated carbocycles. The zero-order valence-corrected chi connectivity index (χ0v) is 16.8. The van der Waals surface area contributed by atoms with Crippen molar-refractivity contribution in [3.8, 4) is 5.75 Å². The first-order valence-electron chi connectivity index (χ1n) is 9.28. The van der Waals surface area contributed by atoms with Gasteiger partial charge in [0, 0.05) is 16.9 Å². The highest BCUT2D eigenvalue weighted by Gasteiger charge is 2.22. The van der Waals surface area contributed by atoms with Gasteiger partial charge < -0.3 is 15.4 Å². The number of aromatic nitrogens is 2. The number of ether oxygens (including phenoxy) is 1. The van der Waals surface area contributed by atoms with Crippen molar-refractivity contribution in [3.63, 3.8) is 0 Å². The van der Waals surface area contributed by atoms with E-state index < -0.39 is 4.92 Å². The number of carbonyl (C=O) groups excluding carboxylic acids is 1. The molecule has 0 amide bonds. The van der Waals surface area contributed by atoms with Crippen molar-refractivity contribution in [2.45, 2.75) is 20.8 Å². The minimum Gasteiger partial charge on any atom is -0.494 e. The van der Waals surface area contributed by atoms with Crippen LogP contribution in [0.25, 0.3) is 0 Å². The van der Waals surface area contributed by atoms with E-state index in [2.05, 4.69) is 20.6 Å². The number of aryl methyl sites for hydroxylation is 1. The molecule has 1 heterocycles. The van der Waals surface area contributed by atoms with Gasteiger partial charge in [0.05, 0.1) is 11.5 Å². The molecule has 0 fully saturated rings. The highest BCUT2D eigenvalue weighted by Crippen LogP contribution is 2.30. The van der Waals surface area contributed by atoms with Crippen LogP contribution in [0, 0.1) is 17.0 Å². The first-order chi connectivity index (χ1) is 14.4. The molecule has 3 aromatic rings. The van der Waals surface area contributed by atoms with Gasteiger partial charge in [0.1, 0.15) is 11.4 Å². The highest BCUT2D eigenvalue weighted by atomic mass is 16.6. The Morgan fingerprint density at radius 2 is 1.83 bits per heavy atom. The summed E-state index contributed by atoms with van der Waals surface area (Å²) >= 11 is 0. The number of anilines is 4. The monoisotopic (exact) mass is 407 g/mol. The average Bonchev–Trinajstić information content (AvgIpc) is 2.69. The van der Waals surface area contributed by atoms with Crippen LogP contribution in [0.15, 0.2) is 48.5 Å². The van der Waals surface area contributed by atoms with Crippen molar-refractivity contribution in [2.24, 2.45) is 0 Å². The summed E-state index contributed by atoms with van der Waals surface area (Å²) in [5, 5.41) is 17.5. The minimum absolute atomic E-state index is 0.0573. The largest absolute Gasteiger partial charge is 0.494 e. The Balaban J connectivity index is 1.93. The van der Waals surface area contributed by atoms with Crippen LogP contribution in [0.1, 0.15) is 29.9 Å². The third kappa shape index (κ3) is 4.88. The van der Waals surface area contributed by atoms with Gasteiger partial charge in [-0.3, -0.25) is 14.9 Å². The summed E-state index contributed by atoms with van der Waals surface area (Å²) in [6.45, 7) is 5.45. The molecule has 0 radical (unpaired) electrons. The van der Waals surface area contributed by atoms with Crippen LogP contribution in [0.4, 0.5) is 28.8 Å². The third-order valence-electron chi connectivity index (χ3n) is 4.19. The van der Waals surface area contributed by atoms with E-state index in [4.69, 9.17) is 4.74 Å². The van der Waals surface area contributed by atoms with Gasteiger partial charge in [0.25, 0.3) is 0 Å². The Kier molecular flexibility index (Phi) is 6.21. The lowest BCUT2D eigenvalue weighted by atomic mass is 10.1. The van der Waals surface area contributed by atoms with Gasteiger partial charge >= 0.3 is 5.69 Å². The zero-order chi connectivity index (χ0) is 21.7. The number of nitro groups is 1. The number of nitrogens with zero attached hydrogens (tertiary/aromatic N) is 3. The van der Waals surface area contributed by atoms with E-state index in [1.165, 1.54) is 6.92 Å². The Bertz CT molecular complexity index is 1080. The molecule has 9 heteroatoms. The van der Waals surface area contributed by atoms with E-state index in [-0.39, 0.29) is 28.9 Å². The third-order valence-corrected chi connectivity index (χ3v) is 4.19. The molecule has 0 aliphatic carbocycles. The topological polar surface area (TPSA) is 119 Å². The summed E-state index contributed by atoms with van der Waals surface area (Å²) in [4.78, 5) is 31.1. The maximum atomic E-state index is 11.6. The van der Waals surface area contributed by atoms with E-state index in [0.29, 0.717) is 29.3 Å². The molecule has 3 rings (SSSR count). The van der Waals surface area contributed by atoms with Gasteiger partial charge in [-0.2, -0.15) is 4.98 Å². The van der Waals surface area contributed by atoms with Crippen LogP contribution >= 0.6 is 0 Å². The maximum absolute atomic E-state index is 11.6. The van der Waals surface area contributed by atoms with Crippen LogP contribution < -0.4 is 15.4 Å². The van der Waals surface area contributed by atoms with Gasteiger partial charge in [-0.15, -0.1) is 0 Å².